The number of anilines is 1. The molecule has 4 heteroatoms. The van der Waals surface area contributed by atoms with Crippen LogP contribution in [0.25, 0.3) is 0 Å². The lowest BCUT2D eigenvalue weighted by atomic mass is 10.3. The fourth-order valence-corrected chi connectivity index (χ4v) is 1.05. The van der Waals surface area contributed by atoms with Crippen LogP contribution in [0, 0.1) is 6.92 Å². The number of aromatic nitrogens is 1. The lowest BCUT2D eigenvalue weighted by molar-refractivity contribution is -0.120. The van der Waals surface area contributed by atoms with Crippen LogP contribution < -0.4 is 5.32 Å². The molecule has 1 aromatic heterocycles. The maximum absolute atomic E-state index is 11.3. The van der Waals surface area contributed by atoms with E-state index in [2.05, 4.69) is 10.3 Å². The van der Waals surface area contributed by atoms with Gasteiger partial charge in [0.1, 0.15) is 6.61 Å². The number of nitrogens with zero attached hydrogens (tertiary/aromatic N) is 1. The molecule has 0 aromatic carbocycles. The highest BCUT2D eigenvalue weighted by molar-refractivity contribution is 5.91. The van der Waals surface area contributed by atoms with Gasteiger partial charge in [-0.2, -0.15) is 0 Å². The molecule has 0 aliphatic heterocycles. The minimum Gasteiger partial charge on any atom is -0.372 e. The van der Waals surface area contributed by atoms with Crippen LogP contribution in [-0.2, 0) is 9.53 Å². The van der Waals surface area contributed by atoms with E-state index in [1.807, 2.05) is 26.0 Å². The molecule has 0 radical (unpaired) electrons. The molecule has 0 saturated heterocycles. The molecule has 0 aliphatic carbocycles. The van der Waals surface area contributed by atoms with Gasteiger partial charge in [0, 0.05) is 12.3 Å². The van der Waals surface area contributed by atoms with Crippen LogP contribution >= 0.6 is 0 Å². The van der Waals surface area contributed by atoms with Gasteiger partial charge in [-0.15, -0.1) is 0 Å². The minimum absolute atomic E-state index is 0.0989. The van der Waals surface area contributed by atoms with Gasteiger partial charge in [0.25, 0.3) is 0 Å². The van der Waals surface area contributed by atoms with Gasteiger partial charge in [-0.05, 0) is 25.5 Å². The summed E-state index contributed by atoms with van der Waals surface area (Å²) in [5, 5.41) is 2.70. The molecule has 4 nitrogen and oxygen atoms in total. The molecule has 1 rings (SSSR count). The summed E-state index contributed by atoms with van der Waals surface area (Å²) in [5.41, 5.74) is 1.63. The smallest absolute Gasteiger partial charge is 0.250 e. The van der Waals surface area contributed by atoms with Crippen molar-refractivity contribution in [2.75, 3.05) is 18.5 Å². The van der Waals surface area contributed by atoms with E-state index in [9.17, 15) is 4.79 Å². The first-order valence-corrected chi connectivity index (χ1v) is 5.02. The normalized spacial score (nSPS) is 10.0. The van der Waals surface area contributed by atoms with Crippen molar-refractivity contribution >= 4 is 11.6 Å². The van der Waals surface area contributed by atoms with Crippen LogP contribution in [0.15, 0.2) is 18.3 Å². The van der Waals surface area contributed by atoms with Gasteiger partial charge in [0.05, 0.1) is 11.9 Å². The van der Waals surface area contributed by atoms with Crippen molar-refractivity contribution in [3.05, 3.63) is 24.0 Å². The Balaban J connectivity index is 2.34. The molecule has 0 saturated carbocycles. The summed E-state index contributed by atoms with van der Waals surface area (Å²) in [6, 6.07) is 3.67. The third-order valence-electron chi connectivity index (χ3n) is 1.78. The van der Waals surface area contributed by atoms with E-state index in [0.29, 0.717) is 12.3 Å². The molecule has 0 atom stereocenters. The Morgan fingerprint density at radius 2 is 2.33 bits per heavy atom. The predicted octanol–water partition coefficient (Wildman–Crippen LogP) is 1.76. The molecule has 0 unspecified atom stereocenters. The number of amides is 1. The highest BCUT2D eigenvalue weighted by Crippen LogP contribution is 2.04. The van der Waals surface area contributed by atoms with Crippen molar-refractivity contribution in [1.82, 2.24) is 4.98 Å². The van der Waals surface area contributed by atoms with Crippen LogP contribution in [0.5, 0.6) is 0 Å². The Labute approximate surface area is 89.7 Å². The highest BCUT2D eigenvalue weighted by Gasteiger charge is 2.01. The molecule has 0 spiro atoms. The number of aryl methyl sites for hydroxylation is 1. The quantitative estimate of drug-likeness (QED) is 0.750. The number of hydrogen-bond donors (Lipinski definition) is 1. The molecule has 0 fully saturated rings. The SMILES string of the molecule is CCCOCC(=O)Nc1ccc(C)nc1. The predicted molar refractivity (Wildman–Crippen MR) is 58.7 cm³/mol. The lowest BCUT2D eigenvalue weighted by Crippen LogP contribution is -2.18. The van der Waals surface area contributed by atoms with Gasteiger partial charge in [-0.3, -0.25) is 9.78 Å². The van der Waals surface area contributed by atoms with E-state index in [1.54, 1.807) is 6.20 Å². The molecular weight excluding hydrogens is 192 g/mol. The monoisotopic (exact) mass is 208 g/mol. The first-order chi connectivity index (χ1) is 7.22. The summed E-state index contributed by atoms with van der Waals surface area (Å²) >= 11 is 0. The number of ether oxygens (including phenoxy) is 1. The van der Waals surface area contributed by atoms with E-state index >= 15 is 0 Å². The molecule has 1 aromatic rings. The molecule has 1 amide bonds. The average Bonchev–Trinajstić information content (AvgIpc) is 2.22. The highest BCUT2D eigenvalue weighted by atomic mass is 16.5. The molecule has 1 heterocycles. The third-order valence-corrected chi connectivity index (χ3v) is 1.78. The lowest BCUT2D eigenvalue weighted by Gasteiger charge is -2.05. The maximum Gasteiger partial charge on any atom is 0.250 e. The van der Waals surface area contributed by atoms with Gasteiger partial charge in [-0.25, -0.2) is 0 Å². The summed E-state index contributed by atoms with van der Waals surface area (Å²) in [5.74, 6) is -0.144. The molecular formula is C11H16N2O2. The molecule has 15 heavy (non-hydrogen) atoms. The number of hydrogen-bond acceptors (Lipinski definition) is 3. The summed E-state index contributed by atoms with van der Waals surface area (Å²) in [7, 11) is 0. The minimum atomic E-state index is -0.144. The average molecular weight is 208 g/mol. The molecule has 0 bridgehead atoms. The Morgan fingerprint density at radius 1 is 1.53 bits per heavy atom. The van der Waals surface area contributed by atoms with Crippen LogP contribution in [0.4, 0.5) is 5.69 Å². The second-order valence-electron chi connectivity index (χ2n) is 3.29. The molecule has 0 aliphatic rings. The first-order valence-electron chi connectivity index (χ1n) is 5.02. The first kappa shape index (κ1) is 11.7. The fourth-order valence-electron chi connectivity index (χ4n) is 1.05. The second-order valence-corrected chi connectivity index (χ2v) is 3.29. The zero-order valence-corrected chi connectivity index (χ0v) is 9.12. The fraction of sp³-hybridized carbons (Fsp3) is 0.455. The van der Waals surface area contributed by atoms with Crippen molar-refractivity contribution in [3.8, 4) is 0 Å². The topological polar surface area (TPSA) is 51.2 Å². The number of rotatable bonds is 5. The summed E-state index contributed by atoms with van der Waals surface area (Å²) in [6.45, 7) is 4.61. The van der Waals surface area contributed by atoms with Gasteiger partial charge >= 0.3 is 0 Å². The van der Waals surface area contributed by atoms with Gasteiger partial charge in [0.2, 0.25) is 5.91 Å². The van der Waals surface area contributed by atoms with E-state index in [0.717, 1.165) is 12.1 Å². The number of carbonyl (C=O) groups is 1. The van der Waals surface area contributed by atoms with E-state index in [1.165, 1.54) is 0 Å². The van der Waals surface area contributed by atoms with Gasteiger partial charge < -0.3 is 10.1 Å². The van der Waals surface area contributed by atoms with Crippen molar-refractivity contribution in [1.29, 1.82) is 0 Å². The van der Waals surface area contributed by atoms with Crippen LogP contribution in [0.1, 0.15) is 19.0 Å². The van der Waals surface area contributed by atoms with Crippen molar-refractivity contribution in [2.24, 2.45) is 0 Å². The largest absolute Gasteiger partial charge is 0.372 e. The number of pyridine rings is 1. The van der Waals surface area contributed by atoms with E-state index < -0.39 is 0 Å². The summed E-state index contributed by atoms with van der Waals surface area (Å²) in [6.07, 6.45) is 2.55. The maximum atomic E-state index is 11.3. The zero-order valence-electron chi connectivity index (χ0n) is 9.12. The van der Waals surface area contributed by atoms with E-state index in [4.69, 9.17) is 4.74 Å². The van der Waals surface area contributed by atoms with Crippen LogP contribution in [-0.4, -0.2) is 24.1 Å². The number of nitrogens with one attached hydrogen (secondary N) is 1. The Morgan fingerprint density at radius 3 is 2.93 bits per heavy atom. The van der Waals surface area contributed by atoms with Crippen molar-refractivity contribution in [3.63, 3.8) is 0 Å². The standard InChI is InChI=1S/C11H16N2O2/c1-3-6-15-8-11(14)13-10-5-4-9(2)12-7-10/h4-5,7H,3,6,8H2,1-2H3,(H,13,14). The van der Waals surface area contributed by atoms with Crippen LogP contribution in [0.2, 0.25) is 0 Å². The van der Waals surface area contributed by atoms with Gasteiger partial charge in [-0.1, -0.05) is 6.92 Å². The third kappa shape index (κ3) is 4.56. The Kier molecular flexibility index (Phi) is 4.77. The van der Waals surface area contributed by atoms with Crippen molar-refractivity contribution in [2.45, 2.75) is 20.3 Å². The summed E-state index contributed by atoms with van der Waals surface area (Å²) < 4.78 is 5.11. The second kappa shape index (κ2) is 6.14. The summed E-state index contributed by atoms with van der Waals surface area (Å²) in [4.78, 5) is 15.4. The molecule has 1 N–H and O–H groups in total. The molecule has 82 valence electrons. The van der Waals surface area contributed by atoms with Crippen molar-refractivity contribution < 1.29 is 9.53 Å². The van der Waals surface area contributed by atoms with Crippen LogP contribution in [0.3, 0.4) is 0 Å². The zero-order chi connectivity index (χ0) is 11.1. The number of carbonyl (C=O) groups excluding carboxylic acids is 1. The van der Waals surface area contributed by atoms with E-state index in [-0.39, 0.29) is 12.5 Å². The van der Waals surface area contributed by atoms with Gasteiger partial charge in [0.15, 0.2) is 0 Å². The Bertz CT molecular complexity index is 309. The Hall–Kier alpha value is -1.42.